The summed E-state index contributed by atoms with van der Waals surface area (Å²) >= 11 is 1.26. The Hall–Kier alpha value is -2.47. The zero-order valence-electron chi connectivity index (χ0n) is 12.7. The van der Waals surface area contributed by atoms with Crippen molar-refractivity contribution in [1.82, 2.24) is 0 Å². The van der Waals surface area contributed by atoms with Crippen LogP contribution in [-0.4, -0.2) is 30.4 Å². The molecule has 5 nitrogen and oxygen atoms in total. The van der Waals surface area contributed by atoms with Gasteiger partial charge in [-0.25, -0.2) is 0 Å². The van der Waals surface area contributed by atoms with Gasteiger partial charge in [-0.05, 0) is 24.3 Å². The van der Waals surface area contributed by atoms with Crippen LogP contribution in [-0.2, 0) is 9.59 Å². The van der Waals surface area contributed by atoms with Gasteiger partial charge in [-0.15, -0.1) is 11.8 Å². The van der Waals surface area contributed by atoms with Gasteiger partial charge in [0.1, 0.15) is 5.75 Å². The fraction of sp³-hybridized carbons (Fsp3) is 0.176. The molecule has 2 aromatic carbocycles. The summed E-state index contributed by atoms with van der Waals surface area (Å²) < 4.78 is 5.17. The van der Waals surface area contributed by atoms with E-state index in [0.717, 1.165) is 5.69 Å². The van der Waals surface area contributed by atoms with Gasteiger partial charge in [0, 0.05) is 5.69 Å². The van der Waals surface area contributed by atoms with Crippen LogP contribution in [0.4, 0.5) is 11.4 Å². The second kappa shape index (κ2) is 8.85. The molecule has 6 heteroatoms. The molecule has 0 bridgehead atoms. The highest BCUT2D eigenvalue weighted by Crippen LogP contribution is 2.23. The average molecular weight is 330 g/mol. The Labute approximate surface area is 139 Å². The summed E-state index contributed by atoms with van der Waals surface area (Å²) in [6, 6.07) is 16.4. The summed E-state index contributed by atoms with van der Waals surface area (Å²) in [5.41, 5.74) is 1.37. The zero-order valence-corrected chi connectivity index (χ0v) is 13.6. The van der Waals surface area contributed by atoms with Gasteiger partial charge >= 0.3 is 0 Å². The van der Waals surface area contributed by atoms with Crippen LogP contribution in [0, 0.1) is 0 Å². The number of para-hydroxylation sites is 3. The van der Waals surface area contributed by atoms with Crippen molar-refractivity contribution in [3.63, 3.8) is 0 Å². The number of amides is 2. The third-order valence-corrected chi connectivity index (χ3v) is 3.84. The summed E-state index contributed by atoms with van der Waals surface area (Å²) in [5.74, 6) is 0.708. The normalized spacial score (nSPS) is 9.96. The van der Waals surface area contributed by atoms with Crippen molar-refractivity contribution in [2.24, 2.45) is 0 Å². The van der Waals surface area contributed by atoms with E-state index in [4.69, 9.17) is 4.74 Å². The first-order chi connectivity index (χ1) is 11.2. The Bertz CT molecular complexity index is 662. The Morgan fingerprint density at radius 2 is 1.52 bits per heavy atom. The Kier molecular flexibility index (Phi) is 6.50. The first-order valence-corrected chi connectivity index (χ1v) is 8.20. The first kappa shape index (κ1) is 16.9. The van der Waals surface area contributed by atoms with Crippen LogP contribution in [0.25, 0.3) is 0 Å². The molecule has 2 aromatic rings. The maximum absolute atomic E-state index is 11.9. The summed E-state index contributed by atoms with van der Waals surface area (Å²) in [5, 5.41) is 5.54. The monoisotopic (exact) mass is 330 g/mol. The fourth-order valence-electron chi connectivity index (χ4n) is 1.89. The highest BCUT2D eigenvalue weighted by atomic mass is 32.2. The number of ether oxygens (including phenoxy) is 1. The molecule has 0 saturated carbocycles. The molecule has 0 spiro atoms. The number of methoxy groups -OCH3 is 1. The van der Waals surface area contributed by atoms with Crippen molar-refractivity contribution in [2.75, 3.05) is 29.2 Å². The van der Waals surface area contributed by atoms with Crippen molar-refractivity contribution in [3.05, 3.63) is 54.6 Å². The third-order valence-electron chi connectivity index (χ3n) is 2.90. The molecule has 0 fully saturated rings. The standard InChI is InChI=1S/C17H18N2O3S/c1-22-15-10-6-5-9-14(15)19-17(21)12-23-11-16(20)18-13-7-3-2-4-8-13/h2-10H,11-12H2,1H3,(H,18,20)(H,19,21). The largest absolute Gasteiger partial charge is 0.495 e. The number of nitrogens with one attached hydrogen (secondary N) is 2. The van der Waals surface area contributed by atoms with E-state index < -0.39 is 0 Å². The molecule has 0 aliphatic rings. The van der Waals surface area contributed by atoms with E-state index in [1.54, 1.807) is 19.2 Å². The van der Waals surface area contributed by atoms with Gasteiger partial charge in [-0.1, -0.05) is 30.3 Å². The SMILES string of the molecule is COc1ccccc1NC(=O)CSCC(=O)Nc1ccccc1. The van der Waals surface area contributed by atoms with Crippen molar-refractivity contribution in [2.45, 2.75) is 0 Å². The maximum atomic E-state index is 11.9. The minimum atomic E-state index is -0.174. The molecular weight excluding hydrogens is 312 g/mol. The number of hydrogen-bond acceptors (Lipinski definition) is 4. The quantitative estimate of drug-likeness (QED) is 0.819. The van der Waals surface area contributed by atoms with Gasteiger partial charge in [-0.3, -0.25) is 9.59 Å². The van der Waals surface area contributed by atoms with Gasteiger partial charge in [-0.2, -0.15) is 0 Å². The predicted molar refractivity (Wildman–Crippen MR) is 94.0 cm³/mol. The van der Waals surface area contributed by atoms with Crippen LogP contribution < -0.4 is 15.4 Å². The van der Waals surface area contributed by atoms with E-state index in [9.17, 15) is 9.59 Å². The highest BCUT2D eigenvalue weighted by Gasteiger charge is 2.08. The van der Waals surface area contributed by atoms with Gasteiger partial charge in [0.25, 0.3) is 0 Å². The van der Waals surface area contributed by atoms with E-state index >= 15 is 0 Å². The molecule has 0 aliphatic heterocycles. The van der Waals surface area contributed by atoms with E-state index in [2.05, 4.69) is 10.6 Å². The summed E-state index contributed by atoms with van der Waals surface area (Å²) in [6.45, 7) is 0. The van der Waals surface area contributed by atoms with Gasteiger partial charge in [0.2, 0.25) is 11.8 Å². The molecule has 0 radical (unpaired) electrons. The van der Waals surface area contributed by atoms with Crippen LogP contribution in [0.2, 0.25) is 0 Å². The van der Waals surface area contributed by atoms with E-state index in [1.165, 1.54) is 11.8 Å². The van der Waals surface area contributed by atoms with Crippen LogP contribution in [0.5, 0.6) is 5.75 Å². The predicted octanol–water partition coefficient (Wildman–Crippen LogP) is 3.01. The lowest BCUT2D eigenvalue weighted by atomic mass is 10.3. The second-order valence-corrected chi connectivity index (χ2v) is 5.64. The number of anilines is 2. The first-order valence-electron chi connectivity index (χ1n) is 7.04. The topological polar surface area (TPSA) is 67.4 Å². The van der Waals surface area contributed by atoms with E-state index in [-0.39, 0.29) is 23.3 Å². The minimum Gasteiger partial charge on any atom is -0.495 e. The van der Waals surface area contributed by atoms with Crippen LogP contribution in [0.1, 0.15) is 0 Å². The summed E-state index contributed by atoms with van der Waals surface area (Å²) in [7, 11) is 1.55. The lowest BCUT2D eigenvalue weighted by Crippen LogP contribution is -2.18. The molecule has 0 aromatic heterocycles. The van der Waals surface area contributed by atoms with Crippen molar-refractivity contribution in [3.8, 4) is 5.75 Å². The number of carbonyl (C=O) groups is 2. The molecule has 2 N–H and O–H groups in total. The molecule has 0 atom stereocenters. The third kappa shape index (κ3) is 5.67. The minimum absolute atomic E-state index is 0.133. The van der Waals surface area contributed by atoms with Crippen LogP contribution >= 0.6 is 11.8 Å². The lowest BCUT2D eigenvalue weighted by Gasteiger charge is -2.09. The van der Waals surface area contributed by atoms with Crippen LogP contribution in [0.15, 0.2) is 54.6 Å². The lowest BCUT2D eigenvalue weighted by molar-refractivity contribution is -0.114. The van der Waals surface area contributed by atoms with E-state index in [0.29, 0.717) is 11.4 Å². The number of benzene rings is 2. The number of rotatable bonds is 7. The molecule has 2 rings (SSSR count). The molecule has 23 heavy (non-hydrogen) atoms. The molecule has 0 saturated heterocycles. The number of thioether (sulfide) groups is 1. The Morgan fingerprint density at radius 3 is 2.22 bits per heavy atom. The maximum Gasteiger partial charge on any atom is 0.234 e. The van der Waals surface area contributed by atoms with E-state index in [1.807, 2.05) is 42.5 Å². The average Bonchev–Trinajstić information content (AvgIpc) is 2.56. The number of hydrogen-bond donors (Lipinski definition) is 2. The summed E-state index contributed by atoms with van der Waals surface area (Å²) in [6.07, 6.45) is 0. The van der Waals surface area contributed by atoms with Gasteiger partial charge in [0.05, 0.1) is 24.3 Å². The number of carbonyl (C=O) groups excluding carboxylic acids is 2. The highest BCUT2D eigenvalue weighted by molar-refractivity contribution is 8.00. The molecule has 2 amide bonds. The van der Waals surface area contributed by atoms with Gasteiger partial charge in [0.15, 0.2) is 0 Å². The summed E-state index contributed by atoms with van der Waals surface area (Å²) in [4.78, 5) is 23.7. The fourth-order valence-corrected chi connectivity index (χ4v) is 2.51. The molecule has 0 aliphatic carbocycles. The second-order valence-electron chi connectivity index (χ2n) is 4.66. The van der Waals surface area contributed by atoms with Gasteiger partial charge < -0.3 is 15.4 Å². The molecule has 120 valence electrons. The zero-order chi connectivity index (χ0) is 16.5. The molecular formula is C17H18N2O3S. The Morgan fingerprint density at radius 1 is 0.913 bits per heavy atom. The smallest absolute Gasteiger partial charge is 0.234 e. The molecule has 0 heterocycles. The van der Waals surface area contributed by atoms with Crippen molar-refractivity contribution < 1.29 is 14.3 Å². The van der Waals surface area contributed by atoms with Crippen molar-refractivity contribution in [1.29, 1.82) is 0 Å². The van der Waals surface area contributed by atoms with Crippen LogP contribution in [0.3, 0.4) is 0 Å². The van der Waals surface area contributed by atoms with Crippen molar-refractivity contribution >= 4 is 35.0 Å². The molecule has 0 unspecified atom stereocenters. The Balaban J connectivity index is 1.73.